The molecule has 0 unspecified atom stereocenters. The predicted octanol–water partition coefficient (Wildman–Crippen LogP) is 4.66. The van der Waals surface area contributed by atoms with E-state index in [1.54, 1.807) is 0 Å². The fourth-order valence-electron chi connectivity index (χ4n) is 6.26. The molecule has 0 bridgehead atoms. The number of nitrogens with one attached hydrogen (secondary N) is 1. The maximum absolute atomic E-state index is 6.12. The molecule has 1 N–H and O–H groups in total. The van der Waals surface area contributed by atoms with Gasteiger partial charge in [0.1, 0.15) is 5.82 Å². The van der Waals surface area contributed by atoms with Gasteiger partial charge in [-0.15, -0.1) is 10.2 Å². The Kier molecular flexibility index (Phi) is 6.50. The van der Waals surface area contributed by atoms with Crippen LogP contribution in [0.5, 0.6) is 0 Å². The summed E-state index contributed by atoms with van der Waals surface area (Å²) in [6.45, 7) is 8.21. The SMILES string of the molecule is CC1(CN2CCC3(CC2)COCCO3)CCC(Nc2ccc(-c3cccnc3C3CC3)nn2)CC1. The molecule has 0 amide bonds. The zero-order valence-electron chi connectivity index (χ0n) is 21.0. The third-order valence-corrected chi connectivity index (χ3v) is 8.66. The Morgan fingerprint density at radius 1 is 1.00 bits per heavy atom. The van der Waals surface area contributed by atoms with Gasteiger partial charge in [0.25, 0.3) is 0 Å². The number of likely N-dealkylation sites (tertiary alicyclic amines) is 1. The summed E-state index contributed by atoms with van der Waals surface area (Å²) in [6, 6.07) is 8.77. The molecule has 4 fully saturated rings. The van der Waals surface area contributed by atoms with Gasteiger partial charge in [-0.2, -0.15) is 0 Å². The second-order valence-corrected chi connectivity index (χ2v) is 11.6. The monoisotopic (exact) mass is 477 g/mol. The van der Waals surface area contributed by atoms with Crippen LogP contribution in [0.25, 0.3) is 11.3 Å². The first-order valence-electron chi connectivity index (χ1n) is 13.6. The van der Waals surface area contributed by atoms with Crippen LogP contribution in [-0.4, -0.2) is 71.2 Å². The largest absolute Gasteiger partial charge is 0.376 e. The molecule has 6 rings (SSSR count). The summed E-state index contributed by atoms with van der Waals surface area (Å²) in [4.78, 5) is 7.27. The fourth-order valence-corrected chi connectivity index (χ4v) is 6.26. The molecule has 1 spiro atoms. The number of aromatic nitrogens is 3. The summed E-state index contributed by atoms with van der Waals surface area (Å²) >= 11 is 0. The number of hydrogen-bond acceptors (Lipinski definition) is 7. The average Bonchev–Trinajstić information content (AvgIpc) is 3.74. The lowest BCUT2D eigenvalue weighted by Crippen LogP contribution is -2.53. The summed E-state index contributed by atoms with van der Waals surface area (Å²) in [7, 11) is 0. The van der Waals surface area contributed by atoms with Gasteiger partial charge in [-0.1, -0.05) is 6.92 Å². The van der Waals surface area contributed by atoms with Gasteiger partial charge < -0.3 is 19.7 Å². The molecule has 4 heterocycles. The first-order chi connectivity index (χ1) is 17.1. The maximum Gasteiger partial charge on any atom is 0.148 e. The van der Waals surface area contributed by atoms with Crippen LogP contribution in [0.2, 0.25) is 0 Å². The Morgan fingerprint density at radius 3 is 2.51 bits per heavy atom. The Morgan fingerprint density at radius 2 is 1.83 bits per heavy atom. The van der Waals surface area contributed by atoms with Crippen molar-refractivity contribution in [2.24, 2.45) is 5.41 Å². The van der Waals surface area contributed by atoms with Crippen LogP contribution in [0, 0.1) is 5.41 Å². The van der Waals surface area contributed by atoms with Crippen molar-refractivity contribution >= 4 is 5.82 Å². The third-order valence-electron chi connectivity index (χ3n) is 8.66. The van der Waals surface area contributed by atoms with Gasteiger partial charge in [0.2, 0.25) is 0 Å². The molecule has 0 atom stereocenters. The summed E-state index contributed by atoms with van der Waals surface area (Å²) in [5, 5.41) is 12.7. The van der Waals surface area contributed by atoms with Crippen molar-refractivity contribution in [2.75, 3.05) is 44.8 Å². The molecule has 7 heteroatoms. The molecule has 2 aromatic heterocycles. The lowest BCUT2D eigenvalue weighted by molar-refractivity contribution is -0.178. The minimum Gasteiger partial charge on any atom is -0.376 e. The predicted molar refractivity (Wildman–Crippen MR) is 136 cm³/mol. The van der Waals surface area contributed by atoms with E-state index in [0.717, 1.165) is 62.8 Å². The Balaban J connectivity index is 0.992. The van der Waals surface area contributed by atoms with Crippen LogP contribution in [-0.2, 0) is 9.47 Å². The molecule has 2 aliphatic heterocycles. The maximum atomic E-state index is 6.12. The molecule has 2 aromatic rings. The Hall–Kier alpha value is -2.09. The van der Waals surface area contributed by atoms with Gasteiger partial charge in [-0.25, -0.2) is 0 Å². The second kappa shape index (κ2) is 9.75. The highest BCUT2D eigenvalue weighted by atomic mass is 16.6. The Bertz CT molecular complexity index is 985. The van der Waals surface area contributed by atoms with Crippen LogP contribution < -0.4 is 5.32 Å². The van der Waals surface area contributed by atoms with E-state index in [1.165, 1.54) is 50.8 Å². The van der Waals surface area contributed by atoms with E-state index in [-0.39, 0.29) is 5.60 Å². The normalized spacial score (nSPS) is 29.2. The van der Waals surface area contributed by atoms with Gasteiger partial charge >= 0.3 is 0 Å². The summed E-state index contributed by atoms with van der Waals surface area (Å²) in [6.07, 6.45) is 11.4. The van der Waals surface area contributed by atoms with Crippen LogP contribution in [0.3, 0.4) is 0 Å². The third kappa shape index (κ3) is 5.37. The number of piperidine rings is 1. The average molecular weight is 478 g/mol. The molecular weight excluding hydrogens is 438 g/mol. The summed E-state index contributed by atoms with van der Waals surface area (Å²) < 4.78 is 11.8. The smallest absolute Gasteiger partial charge is 0.148 e. The second-order valence-electron chi connectivity index (χ2n) is 11.6. The lowest BCUT2D eigenvalue weighted by Gasteiger charge is -2.47. The van der Waals surface area contributed by atoms with E-state index in [1.807, 2.05) is 12.3 Å². The minimum atomic E-state index is -0.00961. The van der Waals surface area contributed by atoms with Crippen LogP contribution in [0.1, 0.15) is 69.9 Å². The van der Waals surface area contributed by atoms with Crippen LogP contribution in [0.15, 0.2) is 30.5 Å². The van der Waals surface area contributed by atoms with Crippen molar-refractivity contribution in [3.8, 4) is 11.3 Å². The van der Waals surface area contributed by atoms with E-state index >= 15 is 0 Å². The standard InChI is InChI=1S/C28H39N5O2/c1-27(19-33-15-12-28(13-16-33)20-34-17-18-35-28)10-8-22(9-11-27)30-25-7-6-24(31-32-25)23-3-2-14-29-26(23)21-4-5-21/h2-3,6-7,14,21-22H,4-5,8-13,15-20H2,1H3,(H,30,32). The fraction of sp³-hybridized carbons (Fsp3) is 0.679. The zero-order valence-corrected chi connectivity index (χ0v) is 21.0. The van der Waals surface area contributed by atoms with Crippen molar-refractivity contribution in [1.29, 1.82) is 0 Å². The molecule has 2 saturated heterocycles. The number of anilines is 1. The quantitative estimate of drug-likeness (QED) is 0.649. The molecule has 0 radical (unpaired) electrons. The number of pyridine rings is 1. The topological polar surface area (TPSA) is 72.4 Å². The number of hydrogen-bond donors (Lipinski definition) is 1. The van der Waals surface area contributed by atoms with Crippen molar-refractivity contribution < 1.29 is 9.47 Å². The van der Waals surface area contributed by atoms with Gasteiger partial charge in [0, 0.05) is 43.4 Å². The van der Waals surface area contributed by atoms with E-state index in [4.69, 9.17) is 9.47 Å². The molecule has 4 aliphatic rings. The van der Waals surface area contributed by atoms with Crippen LogP contribution in [0.4, 0.5) is 5.82 Å². The van der Waals surface area contributed by atoms with Crippen molar-refractivity contribution in [3.63, 3.8) is 0 Å². The van der Waals surface area contributed by atoms with Gasteiger partial charge in [-0.3, -0.25) is 4.98 Å². The molecule has 0 aromatic carbocycles. The molecule has 2 aliphatic carbocycles. The molecular formula is C28H39N5O2. The molecule has 7 nitrogen and oxygen atoms in total. The van der Waals surface area contributed by atoms with Crippen molar-refractivity contribution in [3.05, 3.63) is 36.2 Å². The van der Waals surface area contributed by atoms with Crippen LogP contribution >= 0.6 is 0 Å². The van der Waals surface area contributed by atoms with Crippen molar-refractivity contribution in [2.45, 2.75) is 75.9 Å². The van der Waals surface area contributed by atoms with Gasteiger partial charge in [0.15, 0.2) is 0 Å². The minimum absolute atomic E-state index is 0.00961. The van der Waals surface area contributed by atoms with Crippen molar-refractivity contribution in [1.82, 2.24) is 20.1 Å². The Labute approximate surface area is 209 Å². The lowest BCUT2D eigenvalue weighted by atomic mass is 9.73. The molecule has 35 heavy (non-hydrogen) atoms. The number of nitrogens with zero attached hydrogens (tertiary/aromatic N) is 4. The van der Waals surface area contributed by atoms with E-state index in [9.17, 15) is 0 Å². The van der Waals surface area contributed by atoms with Gasteiger partial charge in [0.05, 0.1) is 36.8 Å². The first kappa shape index (κ1) is 23.3. The first-order valence-corrected chi connectivity index (χ1v) is 13.6. The molecule has 2 saturated carbocycles. The highest BCUT2D eigenvalue weighted by molar-refractivity contribution is 5.63. The molecule has 188 valence electrons. The van der Waals surface area contributed by atoms with E-state index in [0.29, 0.717) is 17.4 Å². The summed E-state index contributed by atoms with van der Waals surface area (Å²) in [5.41, 5.74) is 3.62. The highest BCUT2D eigenvalue weighted by Gasteiger charge is 2.40. The van der Waals surface area contributed by atoms with E-state index in [2.05, 4.69) is 50.5 Å². The zero-order chi connectivity index (χ0) is 23.7. The number of rotatable bonds is 6. The van der Waals surface area contributed by atoms with Gasteiger partial charge in [-0.05, 0) is 81.0 Å². The number of ether oxygens (including phenoxy) is 2. The summed E-state index contributed by atoms with van der Waals surface area (Å²) in [5.74, 6) is 1.48. The van der Waals surface area contributed by atoms with E-state index < -0.39 is 0 Å². The highest BCUT2D eigenvalue weighted by Crippen LogP contribution is 2.43.